The van der Waals surface area contributed by atoms with Crippen molar-refractivity contribution in [1.82, 2.24) is 4.57 Å². The van der Waals surface area contributed by atoms with E-state index >= 15 is 0 Å². The molecular formula is C35H35ClN2O7S. The molecular weight excluding hydrogens is 628 g/mol. The lowest BCUT2D eigenvalue weighted by molar-refractivity contribution is -0.139. The van der Waals surface area contributed by atoms with E-state index in [1.807, 2.05) is 43.3 Å². The van der Waals surface area contributed by atoms with Gasteiger partial charge in [0, 0.05) is 10.6 Å². The van der Waals surface area contributed by atoms with Gasteiger partial charge in [-0.2, -0.15) is 0 Å². The molecule has 1 aliphatic rings. The van der Waals surface area contributed by atoms with Gasteiger partial charge < -0.3 is 23.7 Å². The summed E-state index contributed by atoms with van der Waals surface area (Å²) >= 11 is 7.25. The van der Waals surface area contributed by atoms with Crippen molar-refractivity contribution in [2.45, 2.75) is 39.3 Å². The van der Waals surface area contributed by atoms with E-state index in [-0.39, 0.29) is 12.2 Å². The van der Waals surface area contributed by atoms with Crippen LogP contribution in [0.4, 0.5) is 0 Å². The number of fused-ring (bicyclic) bond motifs is 1. The van der Waals surface area contributed by atoms with Gasteiger partial charge in [0.25, 0.3) is 5.56 Å². The van der Waals surface area contributed by atoms with Crippen molar-refractivity contribution in [2.24, 2.45) is 4.99 Å². The summed E-state index contributed by atoms with van der Waals surface area (Å²) in [7, 11) is 4.67. The van der Waals surface area contributed by atoms with Crippen LogP contribution in [0.2, 0.25) is 5.02 Å². The molecule has 0 N–H and O–H groups in total. The highest BCUT2D eigenvalue weighted by atomic mass is 35.5. The lowest BCUT2D eigenvalue weighted by Crippen LogP contribution is -2.40. The molecule has 1 aromatic heterocycles. The molecule has 0 spiro atoms. The van der Waals surface area contributed by atoms with Crippen LogP contribution in [0.25, 0.3) is 6.08 Å². The van der Waals surface area contributed by atoms with Gasteiger partial charge in [-0.05, 0) is 73.0 Å². The first-order valence-electron chi connectivity index (χ1n) is 14.8. The summed E-state index contributed by atoms with van der Waals surface area (Å²) in [6.45, 7) is 4.27. The first kappa shape index (κ1) is 32.8. The van der Waals surface area contributed by atoms with Gasteiger partial charge in [-0.1, -0.05) is 54.5 Å². The van der Waals surface area contributed by atoms with Gasteiger partial charge in [0.1, 0.15) is 24.1 Å². The molecule has 0 aliphatic carbocycles. The van der Waals surface area contributed by atoms with Crippen LogP contribution < -0.4 is 33.8 Å². The maximum Gasteiger partial charge on any atom is 0.338 e. The molecule has 5 rings (SSSR count). The van der Waals surface area contributed by atoms with Crippen molar-refractivity contribution in [1.29, 1.82) is 0 Å². The molecule has 0 bridgehead atoms. The second-order valence-corrected chi connectivity index (χ2v) is 11.8. The number of esters is 1. The molecule has 4 aromatic rings. The molecule has 0 saturated heterocycles. The molecule has 1 aliphatic heterocycles. The Morgan fingerprint density at radius 3 is 2.37 bits per heavy atom. The van der Waals surface area contributed by atoms with Crippen molar-refractivity contribution >= 4 is 35.0 Å². The van der Waals surface area contributed by atoms with Crippen LogP contribution in [-0.2, 0) is 16.1 Å². The molecule has 46 heavy (non-hydrogen) atoms. The number of allylic oxidation sites excluding steroid dienone is 1. The SMILES string of the molecule is CCCC1=C(C(=O)OCC)[C@H](c2cc(OC)ccc2OC)n2c(s/c(=C\c3ccc(OCc4ccc(Cl)cc4)c(OC)c3)c2=O)=N1. The van der Waals surface area contributed by atoms with Crippen molar-refractivity contribution in [3.8, 4) is 23.0 Å². The van der Waals surface area contributed by atoms with Crippen LogP contribution in [-0.4, -0.2) is 38.5 Å². The van der Waals surface area contributed by atoms with Crippen LogP contribution in [0.3, 0.4) is 0 Å². The quantitative estimate of drug-likeness (QED) is 0.176. The molecule has 3 aromatic carbocycles. The lowest BCUT2D eigenvalue weighted by Gasteiger charge is -2.27. The Kier molecular flexibility index (Phi) is 10.5. The average Bonchev–Trinajstić information content (AvgIpc) is 3.37. The third-order valence-electron chi connectivity index (χ3n) is 7.42. The zero-order valence-corrected chi connectivity index (χ0v) is 27.9. The van der Waals surface area contributed by atoms with Gasteiger partial charge in [0.05, 0.1) is 43.7 Å². The second kappa shape index (κ2) is 14.7. The Morgan fingerprint density at radius 1 is 0.957 bits per heavy atom. The van der Waals surface area contributed by atoms with Gasteiger partial charge in [-0.25, -0.2) is 9.79 Å². The molecule has 0 radical (unpaired) electrons. The summed E-state index contributed by atoms with van der Waals surface area (Å²) in [5.74, 6) is 1.60. The van der Waals surface area contributed by atoms with Gasteiger partial charge in [-0.15, -0.1) is 0 Å². The van der Waals surface area contributed by atoms with Crippen molar-refractivity contribution < 1.29 is 28.5 Å². The number of hydrogen-bond donors (Lipinski definition) is 0. The zero-order chi connectivity index (χ0) is 32.8. The summed E-state index contributed by atoms with van der Waals surface area (Å²) in [6, 6.07) is 17.4. The van der Waals surface area contributed by atoms with Crippen LogP contribution in [0.1, 0.15) is 49.4 Å². The third kappa shape index (κ3) is 6.83. The predicted octanol–water partition coefficient (Wildman–Crippen LogP) is 5.84. The van der Waals surface area contributed by atoms with Gasteiger partial charge in [0.15, 0.2) is 16.3 Å². The Labute approximate surface area is 275 Å². The highest BCUT2D eigenvalue weighted by molar-refractivity contribution is 7.07. The number of methoxy groups -OCH3 is 3. The molecule has 2 heterocycles. The first-order chi connectivity index (χ1) is 22.3. The van der Waals surface area contributed by atoms with E-state index in [0.717, 1.165) is 17.5 Å². The molecule has 9 nitrogen and oxygen atoms in total. The number of carbonyl (C=O) groups excluding carboxylic acids is 1. The van der Waals surface area contributed by atoms with Crippen LogP contribution in [0, 0.1) is 0 Å². The number of rotatable bonds is 12. The topological polar surface area (TPSA) is 97.6 Å². The summed E-state index contributed by atoms with van der Waals surface area (Å²) in [4.78, 5) is 33.1. The third-order valence-corrected chi connectivity index (χ3v) is 8.65. The molecule has 0 saturated carbocycles. The van der Waals surface area contributed by atoms with E-state index in [1.165, 1.54) is 11.3 Å². The van der Waals surface area contributed by atoms with Crippen molar-refractivity contribution in [2.75, 3.05) is 27.9 Å². The summed E-state index contributed by atoms with van der Waals surface area (Å²) in [5, 5.41) is 0.656. The zero-order valence-electron chi connectivity index (χ0n) is 26.3. The number of nitrogens with zero attached hydrogens (tertiary/aromatic N) is 2. The highest BCUT2D eigenvalue weighted by Crippen LogP contribution is 2.39. The predicted molar refractivity (Wildman–Crippen MR) is 178 cm³/mol. The number of benzene rings is 3. The Balaban J connectivity index is 1.62. The number of carbonyl (C=O) groups is 1. The van der Waals surface area contributed by atoms with Crippen LogP contribution in [0.15, 0.2) is 81.7 Å². The van der Waals surface area contributed by atoms with Crippen LogP contribution >= 0.6 is 22.9 Å². The maximum absolute atomic E-state index is 14.2. The van der Waals surface area contributed by atoms with Gasteiger partial charge >= 0.3 is 5.97 Å². The fourth-order valence-corrected chi connectivity index (χ4v) is 6.40. The van der Waals surface area contributed by atoms with E-state index in [4.69, 9.17) is 40.3 Å². The smallest absolute Gasteiger partial charge is 0.338 e. The minimum absolute atomic E-state index is 0.176. The summed E-state index contributed by atoms with van der Waals surface area (Å²) in [6.07, 6.45) is 3.05. The minimum Gasteiger partial charge on any atom is -0.497 e. The van der Waals surface area contributed by atoms with E-state index in [9.17, 15) is 9.59 Å². The number of aromatic nitrogens is 1. The number of hydrogen-bond acceptors (Lipinski definition) is 9. The Morgan fingerprint density at radius 2 is 1.70 bits per heavy atom. The van der Waals surface area contributed by atoms with E-state index in [1.54, 1.807) is 63.2 Å². The Hall–Kier alpha value is -4.54. The summed E-state index contributed by atoms with van der Waals surface area (Å²) in [5.41, 5.74) is 2.85. The molecule has 0 fully saturated rings. The fourth-order valence-electron chi connectivity index (χ4n) is 5.25. The largest absolute Gasteiger partial charge is 0.497 e. The van der Waals surface area contributed by atoms with Crippen molar-refractivity contribution in [3.05, 3.63) is 113 Å². The molecule has 0 amide bonds. The highest BCUT2D eigenvalue weighted by Gasteiger charge is 2.36. The maximum atomic E-state index is 14.2. The molecule has 0 unspecified atom stereocenters. The second-order valence-electron chi connectivity index (χ2n) is 10.3. The van der Waals surface area contributed by atoms with Gasteiger partial charge in [0.2, 0.25) is 0 Å². The monoisotopic (exact) mass is 662 g/mol. The van der Waals surface area contributed by atoms with E-state index < -0.39 is 12.0 Å². The number of thiazole rings is 1. The number of ether oxygens (including phenoxy) is 5. The standard InChI is InChI=1S/C35H35ClN2O7S/c1-6-8-26-31(34(40)44-7-2)32(25-19-24(41-3)14-16-27(25)42-4)38-33(39)30(46-35(38)37-26)18-22-11-15-28(29(17-22)43-5)45-20-21-9-12-23(36)13-10-21/h9-19,32H,6-8,20H2,1-5H3/b30-18-/t32-/m0/s1. The molecule has 1 atom stereocenters. The van der Waals surface area contributed by atoms with Crippen LogP contribution in [0.5, 0.6) is 23.0 Å². The Bertz CT molecular complexity index is 1950. The first-order valence-corrected chi connectivity index (χ1v) is 16.0. The van der Waals surface area contributed by atoms with Gasteiger partial charge in [-0.3, -0.25) is 9.36 Å². The normalized spacial score (nSPS) is 14.4. The fraction of sp³-hybridized carbons (Fsp3) is 0.286. The average molecular weight is 663 g/mol. The van der Waals surface area contributed by atoms with Crippen molar-refractivity contribution in [3.63, 3.8) is 0 Å². The van der Waals surface area contributed by atoms with E-state index in [0.29, 0.717) is 67.2 Å². The minimum atomic E-state index is -0.845. The number of halogens is 1. The lowest BCUT2D eigenvalue weighted by atomic mass is 9.93. The van der Waals surface area contributed by atoms with E-state index in [2.05, 4.69) is 0 Å². The molecule has 240 valence electrons. The summed E-state index contributed by atoms with van der Waals surface area (Å²) < 4.78 is 30.3. The molecule has 11 heteroatoms.